The highest BCUT2D eigenvalue weighted by Crippen LogP contribution is 2.33. The maximum Gasteiger partial charge on any atom is 0.240 e. The van der Waals surface area contributed by atoms with Gasteiger partial charge < -0.3 is 24.3 Å². The Morgan fingerprint density at radius 3 is 2.65 bits per heavy atom. The van der Waals surface area contributed by atoms with Gasteiger partial charge >= 0.3 is 0 Å². The first-order valence-corrected chi connectivity index (χ1v) is 10.8. The molecule has 2 amide bonds. The smallest absolute Gasteiger partial charge is 0.240 e. The van der Waals surface area contributed by atoms with Gasteiger partial charge in [0.05, 0.1) is 36.4 Å². The quantitative estimate of drug-likeness (QED) is 0.641. The summed E-state index contributed by atoms with van der Waals surface area (Å²) in [7, 11) is 3.16. The van der Waals surface area contributed by atoms with E-state index < -0.39 is 0 Å². The number of rotatable bonds is 6. The van der Waals surface area contributed by atoms with Crippen LogP contribution in [0.3, 0.4) is 0 Å². The number of fused-ring (bicyclic) bond motifs is 3. The van der Waals surface area contributed by atoms with Crippen molar-refractivity contribution in [3.05, 3.63) is 66.4 Å². The summed E-state index contributed by atoms with van der Waals surface area (Å²) in [6, 6.07) is 17.0. The molecule has 0 fully saturated rings. The zero-order chi connectivity index (χ0) is 21.8. The summed E-state index contributed by atoms with van der Waals surface area (Å²) < 4.78 is 12.6. The van der Waals surface area contributed by atoms with Crippen LogP contribution in [-0.4, -0.2) is 42.9 Å². The van der Waals surface area contributed by atoms with Gasteiger partial charge in [-0.25, -0.2) is 0 Å². The second-order valence-corrected chi connectivity index (χ2v) is 7.92. The van der Waals surface area contributed by atoms with Gasteiger partial charge in [-0.3, -0.25) is 9.59 Å². The number of ether oxygens (including phenoxy) is 2. The molecule has 31 heavy (non-hydrogen) atoms. The lowest BCUT2D eigenvalue weighted by Crippen LogP contribution is -2.42. The SMILES string of the molecule is COc1ccc(CNC(=O)CN2C(=O)CSc3cccn3-c3ccccc32)c(OC)c1. The standard InChI is InChI=1S/C23H23N3O4S/c1-29-17-10-9-16(20(12-17)30-2)13-24-21(27)14-26-19-7-4-3-6-18(19)25-11-5-8-23(25)31-15-22(26)28/h3-12H,13-15H2,1-2H3,(H,24,27). The Balaban J connectivity index is 1.53. The van der Waals surface area contributed by atoms with E-state index in [2.05, 4.69) is 5.32 Å². The molecule has 0 aliphatic carbocycles. The summed E-state index contributed by atoms with van der Waals surface area (Å²) in [5.74, 6) is 1.21. The number of benzene rings is 2. The normalized spacial score (nSPS) is 13.0. The second kappa shape index (κ2) is 9.18. The van der Waals surface area contributed by atoms with Gasteiger partial charge in [-0.05, 0) is 36.4 Å². The van der Waals surface area contributed by atoms with Gasteiger partial charge in [0.2, 0.25) is 11.8 Å². The van der Waals surface area contributed by atoms with Gasteiger partial charge in [0.1, 0.15) is 18.0 Å². The van der Waals surface area contributed by atoms with Crippen LogP contribution in [-0.2, 0) is 16.1 Å². The van der Waals surface area contributed by atoms with Crippen LogP contribution < -0.4 is 19.7 Å². The minimum atomic E-state index is -0.251. The topological polar surface area (TPSA) is 72.8 Å². The summed E-state index contributed by atoms with van der Waals surface area (Å²) in [5, 5.41) is 3.89. The lowest BCUT2D eigenvalue weighted by Gasteiger charge is -2.27. The van der Waals surface area contributed by atoms with Crippen LogP contribution in [0.2, 0.25) is 0 Å². The van der Waals surface area contributed by atoms with Gasteiger partial charge in [-0.2, -0.15) is 0 Å². The number of carbonyl (C=O) groups excluding carboxylic acids is 2. The third-order valence-electron chi connectivity index (χ3n) is 5.06. The highest BCUT2D eigenvalue weighted by molar-refractivity contribution is 7.99. The van der Waals surface area contributed by atoms with Gasteiger partial charge in [0.15, 0.2) is 0 Å². The van der Waals surface area contributed by atoms with Crippen LogP contribution in [0.25, 0.3) is 5.69 Å². The lowest BCUT2D eigenvalue weighted by atomic mass is 10.2. The molecule has 1 aliphatic heterocycles. The lowest BCUT2D eigenvalue weighted by molar-refractivity contribution is -0.123. The summed E-state index contributed by atoms with van der Waals surface area (Å²) in [6.45, 7) is 0.220. The first-order chi connectivity index (χ1) is 15.1. The number of amides is 2. The van der Waals surface area contributed by atoms with E-state index >= 15 is 0 Å². The van der Waals surface area contributed by atoms with Crippen molar-refractivity contribution >= 4 is 29.3 Å². The summed E-state index contributed by atoms with van der Waals surface area (Å²) >= 11 is 1.46. The van der Waals surface area contributed by atoms with Crippen LogP contribution in [0.5, 0.6) is 11.5 Å². The van der Waals surface area contributed by atoms with Crippen molar-refractivity contribution in [3.63, 3.8) is 0 Å². The first kappa shape index (κ1) is 20.9. The van der Waals surface area contributed by atoms with Crippen molar-refractivity contribution in [2.75, 3.05) is 31.4 Å². The van der Waals surface area contributed by atoms with E-state index in [1.54, 1.807) is 25.2 Å². The first-order valence-electron chi connectivity index (χ1n) is 9.78. The van der Waals surface area contributed by atoms with E-state index in [1.165, 1.54) is 11.8 Å². The number of nitrogens with one attached hydrogen (secondary N) is 1. The van der Waals surface area contributed by atoms with Crippen molar-refractivity contribution in [3.8, 4) is 17.2 Å². The predicted molar refractivity (Wildman–Crippen MR) is 120 cm³/mol. The van der Waals surface area contributed by atoms with Crippen LogP contribution >= 0.6 is 11.8 Å². The summed E-state index contributed by atoms with van der Waals surface area (Å²) in [4.78, 5) is 27.2. The van der Waals surface area contributed by atoms with Gasteiger partial charge in [0, 0.05) is 24.4 Å². The fraction of sp³-hybridized carbons (Fsp3) is 0.217. The van der Waals surface area contributed by atoms with E-state index in [9.17, 15) is 9.59 Å². The van der Waals surface area contributed by atoms with Crippen molar-refractivity contribution in [2.45, 2.75) is 11.6 Å². The van der Waals surface area contributed by atoms with Crippen molar-refractivity contribution in [2.24, 2.45) is 0 Å². The molecule has 0 saturated carbocycles. The van der Waals surface area contributed by atoms with Crippen molar-refractivity contribution in [1.82, 2.24) is 9.88 Å². The molecule has 0 unspecified atom stereocenters. The molecule has 1 N–H and O–H groups in total. The van der Waals surface area contributed by atoms with Crippen LogP contribution in [0.4, 0.5) is 5.69 Å². The molecular formula is C23H23N3O4S. The third kappa shape index (κ3) is 4.39. The Morgan fingerprint density at radius 2 is 1.87 bits per heavy atom. The molecule has 2 heterocycles. The zero-order valence-corrected chi connectivity index (χ0v) is 18.1. The van der Waals surface area contributed by atoms with E-state index in [4.69, 9.17) is 9.47 Å². The fourth-order valence-electron chi connectivity index (χ4n) is 3.49. The Morgan fingerprint density at radius 1 is 1.06 bits per heavy atom. The maximum absolute atomic E-state index is 12.9. The highest BCUT2D eigenvalue weighted by Gasteiger charge is 2.25. The number of anilines is 1. The Bertz CT molecular complexity index is 1110. The minimum absolute atomic E-state index is 0.0640. The third-order valence-corrected chi connectivity index (χ3v) is 6.08. The number of hydrogen-bond donors (Lipinski definition) is 1. The fourth-order valence-corrected chi connectivity index (χ4v) is 4.39. The van der Waals surface area contributed by atoms with E-state index in [-0.39, 0.29) is 30.7 Å². The van der Waals surface area contributed by atoms with E-state index in [1.807, 2.05) is 59.3 Å². The number of carbonyl (C=O) groups is 2. The van der Waals surface area contributed by atoms with Crippen LogP contribution in [0, 0.1) is 0 Å². The average Bonchev–Trinajstić information content (AvgIpc) is 3.26. The zero-order valence-electron chi connectivity index (χ0n) is 17.3. The molecule has 0 bridgehead atoms. The molecule has 1 aromatic heterocycles. The van der Waals surface area contributed by atoms with E-state index in [0.29, 0.717) is 17.2 Å². The van der Waals surface area contributed by atoms with Crippen molar-refractivity contribution < 1.29 is 19.1 Å². The Labute approximate surface area is 184 Å². The Kier molecular flexibility index (Phi) is 6.18. The highest BCUT2D eigenvalue weighted by atomic mass is 32.2. The number of thioether (sulfide) groups is 1. The molecule has 160 valence electrons. The summed E-state index contributed by atoms with van der Waals surface area (Å²) in [6.07, 6.45) is 1.96. The van der Waals surface area contributed by atoms with E-state index in [0.717, 1.165) is 16.3 Å². The maximum atomic E-state index is 12.9. The number of methoxy groups -OCH3 is 2. The van der Waals surface area contributed by atoms with Gasteiger partial charge in [0.25, 0.3) is 0 Å². The van der Waals surface area contributed by atoms with Crippen LogP contribution in [0.15, 0.2) is 65.8 Å². The van der Waals surface area contributed by atoms with Crippen LogP contribution in [0.1, 0.15) is 5.56 Å². The number of para-hydroxylation sites is 2. The second-order valence-electron chi connectivity index (χ2n) is 6.93. The number of nitrogens with zero attached hydrogens (tertiary/aromatic N) is 2. The molecule has 1 aliphatic rings. The Hall–Kier alpha value is -3.39. The number of aromatic nitrogens is 1. The monoisotopic (exact) mass is 437 g/mol. The molecule has 0 radical (unpaired) electrons. The predicted octanol–water partition coefficient (Wildman–Crippen LogP) is 3.25. The molecule has 0 saturated heterocycles. The molecule has 8 heteroatoms. The molecule has 0 atom stereocenters. The number of hydrogen-bond acceptors (Lipinski definition) is 5. The molecule has 2 aromatic carbocycles. The van der Waals surface area contributed by atoms with Gasteiger partial charge in [-0.1, -0.05) is 23.9 Å². The van der Waals surface area contributed by atoms with Gasteiger partial charge in [-0.15, -0.1) is 0 Å². The molecule has 4 rings (SSSR count). The molecule has 3 aromatic rings. The largest absolute Gasteiger partial charge is 0.497 e. The molecule has 7 nitrogen and oxygen atoms in total. The average molecular weight is 438 g/mol. The minimum Gasteiger partial charge on any atom is -0.497 e. The molecule has 0 spiro atoms. The summed E-state index contributed by atoms with van der Waals surface area (Å²) in [5.41, 5.74) is 2.40. The van der Waals surface area contributed by atoms with Crippen molar-refractivity contribution in [1.29, 1.82) is 0 Å². The molecular weight excluding hydrogens is 414 g/mol.